The van der Waals surface area contributed by atoms with Crippen LogP contribution < -0.4 is 5.73 Å². The molecule has 1 amide bonds. The van der Waals surface area contributed by atoms with Crippen molar-refractivity contribution in [2.45, 2.75) is 32.5 Å². The fraction of sp³-hybridized carbons (Fsp3) is 0.615. The van der Waals surface area contributed by atoms with Crippen molar-refractivity contribution in [1.29, 1.82) is 0 Å². The lowest BCUT2D eigenvalue weighted by Gasteiger charge is -2.26. The number of amides is 1. The maximum atomic E-state index is 11.9. The van der Waals surface area contributed by atoms with Gasteiger partial charge in [-0.2, -0.15) is 0 Å². The van der Waals surface area contributed by atoms with Crippen LogP contribution in [0.4, 0.5) is 9.80 Å². The molecule has 19 heavy (non-hydrogen) atoms. The molecule has 5 nitrogen and oxygen atoms in total. The molecule has 0 fully saturated rings. The lowest BCUT2D eigenvalue weighted by Crippen LogP contribution is -2.36. The number of rotatable bonds is 4. The van der Waals surface area contributed by atoms with E-state index in [1.165, 1.54) is 16.2 Å². The molecule has 0 spiro atoms. The van der Waals surface area contributed by atoms with E-state index in [-0.39, 0.29) is 12.2 Å². The Kier molecular flexibility index (Phi) is 5.20. The van der Waals surface area contributed by atoms with Crippen LogP contribution in [0, 0.1) is 0 Å². The normalized spacial score (nSPS) is 13.1. The molecule has 0 saturated heterocycles. The maximum Gasteiger partial charge on any atom is 0.410 e. The molecule has 1 aromatic rings. The first kappa shape index (κ1) is 15.8. The Hall–Kier alpha value is -1.27. The smallest absolute Gasteiger partial charge is 0.410 e. The van der Waals surface area contributed by atoms with E-state index in [9.17, 15) is 4.79 Å². The summed E-state index contributed by atoms with van der Waals surface area (Å²) in [6.45, 7) is 5.94. The van der Waals surface area contributed by atoms with Crippen molar-refractivity contribution in [2.75, 3.05) is 26.4 Å². The van der Waals surface area contributed by atoms with E-state index in [2.05, 4.69) is 0 Å². The highest BCUT2D eigenvalue weighted by atomic mass is 32.1. The summed E-state index contributed by atoms with van der Waals surface area (Å²) >= 11 is 1.46. The van der Waals surface area contributed by atoms with Crippen molar-refractivity contribution in [3.8, 4) is 0 Å². The summed E-state index contributed by atoms with van der Waals surface area (Å²) < 4.78 is 10.7. The van der Waals surface area contributed by atoms with E-state index in [4.69, 9.17) is 15.2 Å². The van der Waals surface area contributed by atoms with Crippen molar-refractivity contribution in [1.82, 2.24) is 4.90 Å². The van der Waals surface area contributed by atoms with Gasteiger partial charge in [0.25, 0.3) is 0 Å². The molecule has 2 N–H and O–H groups in total. The fourth-order valence-electron chi connectivity index (χ4n) is 1.49. The zero-order valence-electron chi connectivity index (χ0n) is 12.1. The van der Waals surface area contributed by atoms with E-state index in [0.29, 0.717) is 6.54 Å². The molecule has 0 aliphatic rings. The highest BCUT2D eigenvalue weighted by Gasteiger charge is 2.23. The molecule has 108 valence electrons. The summed E-state index contributed by atoms with van der Waals surface area (Å²) in [6.07, 6.45) is -0.557. The van der Waals surface area contributed by atoms with Gasteiger partial charge < -0.3 is 20.1 Å². The molecule has 0 radical (unpaired) electrons. The van der Waals surface area contributed by atoms with Gasteiger partial charge in [0.1, 0.15) is 11.7 Å². The Morgan fingerprint density at radius 3 is 2.53 bits per heavy atom. The monoisotopic (exact) mass is 286 g/mol. The Labute approximate surface area is 118 Å². The van der Waals surface area contributed by atoms with Crippen molar-refractivity contribution in [3.05, 3.63) is 17.0 Å². The Bertz CT molecular complexity index is 426. The maximum absolute atomic E-state index is 11.9. The number of methoxy groups -OCH3 is 1. The van der Waals surface area contributed by atoms with Gasteiger partial charge >= 0.3 is 6.09 Å². The standard InChI is InChI=1S/C13H22N2O3S/c1-13(2,3)18-12(16)15(4)8-9(17-5)10-6-7-11(14)19-10/h6-7,9H,8,14H2,1-5H3. The van der Waals surface area contributed by atoms with Gasteiger partial charge in [-0.25, -0.2) is 4.79 Å². The lowest BCUT2D eigenvalue weighted by atomic mass is 10.2. The summed E-state index contributed by atoms with van der Waals surface area (Å²) in [5.41, 5.74) is 5.20. The molecule has 1 rings (SSSR count). The third-order valence-corrected chi connectivity index (χ3v) is 3.40. The number of likely N-dealkylation sites (N-methyl/N-ethyl adjacent to an activating group) is 1. The van der Waals surface area contributed by atoms with E-state index in [1.807, 2.05) is 32.9 Å². The average molecular weight is 286 g/mol. The zero-order valence-corrected chi connectivity index (χ0v) is 12.9. The Balaban J connectivity index is 2.63. The largest absolute Gasteiger partial charge is 0.444 e. The van der Waals surface area contributed by atoms with Gasteiger partial charge in [-0.15, -0.1) is 11.3 Å². The van der Waals surface area contributed by atoms with Crippen LogP contribution in [-0.4, -0.2) is 37.3 Å². The highest BCUT2D eigenvalue weighted by Crippen LogP contribution is 2.27. The molecule has 6 heteroatoms. The number of ether oxygens (including phenoxy) is 2. The molecular weight excluding hydrogens is 264 g/mol. The minimum absolute atomic E-state index is 0.195. The third-order valence-electron chi connectivity index (χ3n) is 2.39. The van der Waals surface area contributed by atoms with Gasteiger partial charge in [0.15, 0.2) is 0 Å². The molecule has 0 aliphatic heterocycles. The lowest BCUT2D eigenvalue weighted by molar-refractivity contribution is 0.0147. The van der Waals surface area contributed by atoms with Crippen LogP contribution in [0.3, 0.4) is 0 Å². The van der Waals surface area contributed by atoms with Crippen molar-refractivity contribution in [3.63, 3.8) is 0 Å². The predicted octanol–water partition coefficient (Wildman–Crippen LogP) is 2.88. The van der Waals surface area contributed by atoms with Crippen molar-refractivity contribution >= 4 is 22.4 Å². The number of nitrogen functional groups attached to an aromatic ring is 1. The summed E-state index contributed by atoms with van der Waals surface area (Å²) in [5.74, 6) is 0. The van der Waals surface area contributed by atoms with Gasteiger partial charge in [0, 0.05) is 19.0 Å². The number of hydrogen-bond acceptors (Lipinski definition) is 5. The SMILES string of the molecule is COC(CN(C)C(=O)OC(C)(C)C)c1ccc(N)s1. The first-order valence-corrected chi connectivity index (χ1v) is 6.86. The number of nitrogens with zero attached hydrogens (tertiary/aromatic N) is 1. The third kappa shape index (κ3) is 5.08. The number of carbonyl (C=O) groups excluding carboxylic acids is 1. The average Bonchev–Trinajstić information content (AvgIpc) is 2.69. The topological polar surface area (TPSA) is 64.8 Å². The van der Waals surface area contributed by atoms with Crippen LogP contribution >= 0.6 is 11.3 Å². The zero-order chi connectivity index (χ0) is 14.6. The molecule has 0 bridgehead atoms. The summed E-state index contributed by atoms with van der Waals surface area (Å²) in [6, 6.07) is 3.75. The Morgan fingerprint density at radius 2 is 2.11 bits per heavy atom. The summed E-state index contributed by atoms with van der Waals surface area (Å²) in [7, 11) is 3.31. The molecule has 0 aromatic carbocycles. The van der Waals surface area contributed by atoms with Crippen LogP contribution in [0.5, 0.6) is 0 Å². The summed E-state index contributed by atoms with van der Waals surface area (Å²) in [4.78, 5) is 14.4. The van der Waals surface area contributed by atoms with Crippen molar-refractivity contribution in [2.24, 2.45) is 0 Å². The molecule has 1 unspecified atom stereocenters. The molecule has 0 aliphatic carbocycles. The molecule has 1 atom stereocenters. The van der Waals surface area contributed by atoms with E-state index < -0.39 is 5.60 Å². The van der Waals surface area contributed by atoms with Gasteiger partial charge in [0.05, 0.1) is 11.5 Å². The number of thiophene rings is 1. The number of hydrogen-bond donors (Lipinski definition) is 1. The molecular formula is C13H22N2O3S. The number of carbonyl (C=O) groups is 1. The van der Waals surface area contributed by atoms with Gasteiger partial charge in [-0.05, 0) is 32.9 Å². The van der Waals surface area contributed by atoms with E-state index in [1.54, 1.807) is 14.2 Å². The molecule has 0 saturated carbocycles. The number of anilines is 1. The van der Waals surface area contributed by atoms with Gasteiger partial charge in [-0.1, -0.05) is 0 Å². The van der Waals surface area contributed by atoms with Crippen molar-refractivity contribution < 1.29 is 14.3 Å². The van der Waals surface area contributed by atoms with Crippen LogP contribution in [0.2, 0.25) is 0 Å². The fourth-order valence-corrected chi connectivity index (χ4v) is 2.33. The van der Waals surface area contributed by atoms with Gasteiger partial charge in [0.2, 0.25) is 0 Å². The quantitative estimate of drug-likeness (QED) is 0.924. The first-order chi connectivity index (χ1) is 8.73. The van der Waals surface area contributed by atoms with Crippen LogP contribution in [0.25, 0.3) is 0 Å². The summed E-state index contributed by atoms with van der Waals surface area (Å²) in [5, 5.41) is 0.733. The van der Waals surface area contributed by atoms with Gasteiger partial charge in [-0.3, -0.25) is 0 Å². The van der Waals surface area contributed by atoms with Crippen LogP contribution in [-0.2, 0) is 9.47 Å². The molecule has 1 heterocycles. The first-order valence-electron chi connectivity index (χ1n) is 6.05. The van der Waals surface area contributed by atoms with Crippen LogP contribution in [0.15, 0.2) is 12.1 Å². The minimum atomic E-state index is -0.499. The minimum Gasteiger partial charge on any atom is -0.444 e. The second-order valence-corrected chi connectivity index (χ2v) is 6.47. The second-order valence-electron chi connectivity index (χ2n) is 5.33. The van der Waals surface area contributed by atoms with E-state index >= 15 is 0 Å². The van der Waals surface area contributed by atoms with E-state index in [0.717, 1.165) is 9.88 Å². The Morgan fingerprint density at radius 1 is 1.47 bits per heavy atom. The highest BCUT2D eigenvalue weighted by molar-refractivity contribution is 7.15. The number of nitrogens with two attached hydrogens (primary N) is 1. The second kappa shape index (κ2) is 6.25. The van der Waals surface area contributed by atoms with Crippen LogP contribution in [0.1, 0.15) is 31.8 Å². The predicted molar refractivity (Wildman–Crippen MR) is 77.3 cm³/mol. The molecule has 1 aromatic heterocycles.